The molecule has 2 fully saturated rings. The normalized spacial score (nSPS) is 27.8. The fourth-order valence-corrected chi connectivity index (χ4v) is 4.22. The van der Waals surface area contributed by atoms with Crippen molar-refractivity contribution in [3.8, 4) is 0 Å². The summed E-state index contributed by atoms with van der Waals surface area (Å²) < 4.78 is 0. The zero-order chi connectivity index (χ0) is 15.1. The molecule has 1 saturated carbocycles. The van der Waals surface area contributed by atoms with Crippen molar-refractivity contribution in [3.05, 3.63) is 0 Å². The zero-order valence-corrected chi connectivity index (χ0v) is 13.3. The van der Waals surface area contributed by atoms with Crippen LogP contribution >= 0.6 is 11.8 Å². The first kappa shape index (κ1) is 16.6. The van der Waals surface area contributed by atoms with Gasteiger partial charge in [-0.15, -0.1) is 11.8 Å². The Kier molecular flexibility index (Phi) is 6.83. The first-order valence-corrected chi connectivity index (χ1v) is 9.06. The van der Waals surface area contributed by atoms with Crippen LogP contribution in [0.1, 0.15) is 44.9 Å². The van der Waals surface area contributed by atoms with Gasteiger partial charge in [0, 0.05) is 11.3 Å². The average molecular weight is 314 g/mol. The lowest BCUT2D eigenvalue weighted by molar-refractivity contribution is -0.143. The van der Waals surface area contributed by atoms with E-state index in [1.165, 1.54) is 0 Å². The van der Waals surface area contributed by atoms with Gasteiger partial charge in [0.2, 0.25) is 5.91 Å². The van der Waals surface area contributed by atoms with Crippen LogP contribution in [0.15, 0.2) is 0 Å². The van der Waals surface area contributed by atoms with E-state index in [0.717, 1.165) is 51.6 Å². The van der Waals surface area contributed by atoms with Crippen LogP contribution in [0.25, 0.3) is 0 Å². The molecular formula is C15H26N2O3S. The molecule has 1 amide bonds. The van der Waals surface area contributed by atoms with Gasteiger partial charge in [0.25, 0.3) is 0 Å². The molecule has 0 bridgehead atoms. The van der Waals surface area contributed by atoms with Crippen molar-refractivity contribution in [2.45, 2.75) is 56.2 Å². The molecule has 0 spiro atoms. The van der Waals surface area contributed by atoms with Gasteiger partial charge < -0.3 is 15.7 Å². The van der Waals surface area contributed by atoms with Crippen molar-refractivity contribution >= 4 is 23.6 Å². The molecule has 1 aliphatic heterocycles. The van der Waals surface area contributed by atoms with Crippen LogP contribution in [0.3, 0.4) is 0 Å². The number of carbonyl (C=O) groups excluding carboxylic acids is 1. The maximum absolute atomic E-state index is 12.1. The fourth-order valence-electron chi connectivity index (χ4n) is 3.18. The molecule has 21 heavy (non-hydrogen) atoms. The van der Waals surface area contributed by atoms with Crippen LogP contribution in [0.2, 0.25) is 0 Å². The van der Waals surface area contributed by atoms with Crippen molar-refractivity contribution in [3.63, 3.8) is 0 Å². The number of aliphatic carboxylic acids is 1. The molecule has 0 radical (unpaired) electrons. The number of nitrogens with one attached hydrogen (secondary N) is 2. The molecule has 1 saturated heterocycles. The predicted octanol–water partition coefficient (Wildman–Crippen LogP) is 1.62. The number of amides is 1. The molecule has 1 aliphatic carbocycles. The van der Waals surface area contributed by atoms with Gasteiger partial charge >= 0.3 is 5.97 Å². The van der Waals surface area contributed by atoms with Gasteiger partial charge in [-0.2, -0.15) is 0 Å². The summed E-state index contributed by atoms with van der Waals surface area (Å²) >= 11 is 1.71. The van der Waals surface area contributed by atoms with E-state index < -0.39 is 11.9 Å². The number of hydrogen-bond acceptors (Lipinski definition) is 4. The molecule has 0 aromatic carbocycles. The highest BCUT2D eigenvalue weighted by molar-refractivity contribution is 8.00. The summed E-state index contributed by atoms with van der Waals surface area (Å²) in [6.45, 7) is 2.06. The third-order valence-corrected chi connectivity index (χ3v) is 5.79. The van der Waals surface area contributed by atoms with E-state index in [1.807, 2.05) is 0 Å². The molecule has 5 nitrogen and oxygen atoms in total. The van der Waals surface area contributed by atoms with Gasteiger partial charge in [-0.3, -0.25) is 9.59 Å². The number of carboxylic acid groups (broad SMARTS) is 1. The lowest BCUT2D eigenvalue weighted by Crippen LogP contribution is -2.43. The SMILES string of the molecule is O=C(CSC1CCNCC1)NC1CCCCCC1C(=O)O. The first-order chi connectivity index (χ1) is 10.2. The highest BCUT2D eigenvalue weighted by Crippen LogP contribution is 2.24. The van der Waals surface area contributed by atoms with E-state index in [1.54, 1.807) is 11.8 Å². The summed E-state index contributed by atoms with van der Waals surface area (Å²) in [5.74, 6) is -0.738. The zero-order valence-electron chi connectivity index (χ0n) is 12.5. The van der Waals surface area contributed by atoms with Crippen LogP contribution in [-0.2, 0) is 9.59 Å². The minimum Gasteiger partial charge on any atom is -0.481 e. The molecule has 0 aromatic rings. The molecule has 1 heterocycles. The second-order valence-electron chi connectivity index (χ2n) is 6.02. The molecule has 6 heteroatoms. The second kappa shape index (κ2) is 8.63. The van der Waals surface area contributed by atoms with E-state index in [9.17, 15) is 14.7 Å². The lowest BCUT2D eigenvalue weighted by atomic mass is 9.95. The van der Waals surface area contributed by atoms with Crippen LogP contribution in [-0.4, -0.2) is 47.1 Å². The third kappa shape index (κ3) is 5.51. The van der Waals surface area contributed by atoms with E-state index in [-0.39, 0.29) is 11.9 Å². The van der Waals surface area contributed by atoms with E-state index in [4.69, 9.17) is 0 Å². The highest BCUT2D eigenvalue weighted by atomic mass is 32.2. The predicted molar refractivity (Wildman–Crippen MR) is 84.5 cm³/mol. The second-order valence-corrected chi connectivity index (χ2v) is 7.31. The molecule has 2 atom stereocenters. The van der Waals surface area contributed by atoms with Gasteiger partial charge in [0.05, 0.1) is 11.7 Å². The van der Waals surface area contributed by atoms with Gasteiger partial charge in [-0.05, 0) is 38.8 Å². The lowest BCUT2D eigenvalue weighted by Gasteiger charge is -2.24. The Hall–Kier alpha value is -0.750. The molecule has 2 aliphatic rings. The van der Waals surface area contributed by atoms with Crippen LogP contribution in [0.4, 0.5) is 0 Å². The molecule has 2 rings (SSSR count). The standard InChI is InChI=1S/C15H26N2O3S/c18-14(10-21-11-6-8-16-9-7-11)17-13-5-3-1-2-4-12(13)15(19)20/h11-13,16H,1-10H2,(H,17,18)(H,19,20). The summed E-state index contributed by atoms with van der Waals surface area (Å²) in [5, 5.41) is 16.2. The number of carbonyl (C=O) groups is 2. The molecular weight excluding hydrogens is 288 g/mol. The van der Waals surface area contributed by atoms with Crippen LogP contribution in [0.5, 0.6) is 0 Å². The summed E-state index contributed by atoms with van der Waals surface area (Å²) in [6, 6.07) is -0.189. The van der Waals surface area contributed by atoms with Gasteiger partial charge in [-0.25, -0.2) is 0 Å². The fraction of sp³-hybridized carbons (Fsp3) is 0.867. The number of thioether (sulfide) groups is 1. The number of rotatable bonds is 5. The maximum atomic E-state index is 12.1. The molecule has 0 aromatic heterocycles. The Morgan fingerprint density at radius 3 is 2.52 bits per heavy atom. The van der Waals surface area contributed by atoms with Gasteiger partial charge in [-0.1, -0.05) is 19.3 Å². The Morgan fingerprint density at radius 2 is 1.81 bits per heavy atom. The Balaban J connectivity index is 1.77. The smallest absolute Gasteiger partial charge is 0.308 e. The number of carboxylic acids is 1. The van der Waals surface area contributed by atoms with Gasteiger partial charge in [0.1, 0.15) is 0 Å². The average Bonchev–Trinajstić information content (AvgIpc) is 2.72. The summed E-state index contributed by atoms with van der Waals surface area (Å²) in [5.41, 5.74) is 0. The highest BCUT2D eigenvalue weighted by Gasteiger charge is 2.30. The largest absolute Gasteiger partial charge is 0.481 e. The first-order valence-electron chi connectivity index (χ1n) is 8.01. The summed E-state index contributed by atoms with van der Waals surface area (Å²) in [4.78, 5) is 23.4. The van der Waals surface area contributed by atoms with E-state index in [2.05, 4.69) is 10.6 Å². The summed E-state index contributed by atoms with van der Waals surface area (Å²) in [6.07, 6.45) is 6.73. The Morgan fingerprint density at radius 1 is 1.10 bits per heavy atom. The van der Waals surface area contributed by atoms with Crippen molar-refractivity contribution in [2.24, 2.45) is 5.92 Å². The van der Waals surface area contributed by atoms with E-state index in [0.29, 0.717) is 17.4 Å². The molecule has 2 unspecified atom stereocenters. The third-order valence-electron chi connectivity index (χ3n) is 4.42. The van der Waals surface area contributed by atoms with Crippen molar-refractivity contribution < 1.29 is 14.7 Å². The Labute approximate surface area is 130 Å². The molecule has 120 valence electrons. The van der Waals surface area contributed by atoms with Gasteiger partial charge in [0.15, 0.2) is 0 Å². The van der Waals surface area contributed by atoms with E-state index >= 15 is 0 Å². The van der Waals surface area contributed by atoms with Crippen molar-refractivity contribution in [2.75, 3.05) is 18.8 Å². The van der Waals surface area contributed by atoms with Crippen molar-refractivity contribution in [1.29, 1.82) is 0 Å². The quantitative estimate of drug-likeness (QED) is 0.672. The number of hydrogen-bond donors (Lipinski definition) is 3. The monoisotopic (exact) mass is 314 g/mol. The van der Waals surface area contributed by atoms with Crippen molar-refractivity contribution in [1.82, 2.24) is 10.6 Å². The Bertz CT molecular complexity index is 359. The molecule has 3 N–H and O–H groups in total. The maximum Gasteiger partial charge on any atom is 0.308 e. The van der Waals surface area contributed by atoms with Crippen LogP contribution in [0, 0.1) is 5.92 Å². The minimum absolute atomic E-state index is 0.00307. The topological polar surface area (TPSA) is 78.4 Å². The van der Waals surface area contributed by atoms with Crippen LogP contribution < -0.4 is 10.6 Å². The minimum atomic E-state index is -0.770. The number of piperidine rings is 1. The summed E-state index contributed by atoms with van der Waals surface area (Å²) in [7, 11) is 0.